The molecule has 2 aromatic heterocycles. The second-order valence-electron chi connectivity index (χ2n) is 9.70. The Labute approximate surface area is 222 Å². The average Bonchev–Trinajstić information content (AvgIpc) is 3.36. The highest BCUT2D eigenvalue weighted by Crippen LogP contribution is 2.29. The predicted molar refractivity (Wildman–Crippen MR) is 149 cm³/mol. The van der Waals surface area contributed by atoms with Crippen LogP contribution in [-0.4, -0.2) is 50.7 Å². The molecule has 3 heterocycles. The van der Waals surface area contributed by atoms with Gasteiger partial charge in [0.05, 0.1) is 22.8 Å². The van der Waals surface area contributed by atoms with E-state index in [1.165, 1.54) is 5.56 Å². The summed E-state index contributed by atoms with van der Waals surface area (Å²) in [6, 6.07) is 16.2. The number of pyridine rings is 1. The van der Waals surface area contributed by atoms with E-state index in [0.29, 0.717) is 31.7 Å². The maximum atomic E-state index is 13.6. The molecule has 0 bridgehead atoms. The first-order chi connectivity index (χ1) is 18.4. The lowest BCUT2D eigenvalue weighted by Gasteiger charge is -2.32. The zero-order chi connectivity index (χ0) is 26.6. The van der Waals surface area contributed by atoms with E-state index in [2.05, 4.69) is 51.9 Å². The van der Waals surface area contributed by atoms with Crippen molar-refractivity contribution in [2.75, 3.05) is 18.4 Å². The predicted octanol–water partition coefficient (Wildman–Crippen LogP) is 4.31. The molecule has 196 valence electrons. The van der Waals surface area contributed by atoms with Gasteiger partial charge in [0.2, 0.25) is 0 Å². The number of hydrogen-bond acceptors (Lipinski definition) is 5. The lowest BCUT2D eigenvalue weighted by molar-refractivity contribution is 0.0951. The molecule has 1 fully saturated rings. The number of likely N-dealkylation sites (tertiary alicyclic amines) is 1. The van der Waals surface area contributed by atoms with Gasteiger partial charge in [-0.1, -0.05) is 54.1 Å². The van der Waals surface area contributed by atoms with Gasteiger partial charge in [0.15, 0.2) is 5.65 Å². The summed E-state index contributed by atoms with van der Waals surface area (Å²) >= 11 is 0. The maximum absolute atomic E-state index is 13.6. The molecule has 1 aliphatic rings. The van der Waals surface area contributed by atoms with Gasteiger partial charge in [0.1, 0.15) is 0 Å². The Kier molecular flexibility index (Phi) is 7.26. The number of piperidine rings is 1. The van der Waals surface area contributed by atoms with E-state index in [1.807, 2.05) is 35.9 Å². The van der Waals surface area contributed by atoms with Crippen molar-refractivity contribution < 1.29 is 9.59 Å². The Morgan fingerprint density at radius 1 is 1.08 bits per heavy atom. The zero-order valence-corrected chi connectivity index (χ0v) is 21.8. The van der Waals surface area contributed by atoms with Crippen molar-refractivity contribution >= 4 is 28.7 Å². The van der Waals surface area contributed by atoms with Crippen LogP contribution in [0.5, 0.6) is 0 Å². The third kappa shape index (κ3) is 5.18. The summed E-state index contributed by atoms with van der Waals surface area (Å²) in [5, 5.41) is 12.0. The SMILES string of the molecule is CCn1ncc2c(NC3CCN(C(N)=O)CC3)c(C(=O)NCc3ccccc3-c3cccc(C)c3)cnc21. The molecule has 0 unspecified atom stereocenters. The van der Waals surface area contributed by atoms with E-state index < -0.39 is 6.03 Å². The second kappa shape index (κ2) is 10.9. The molecule has 0 atom stereocenters. The lowest BCUT2D eigenvalue weighted by Crippen LogP contribution is -2.44. The fraction of sp³-hybridized carbons (Fsp3) is 0.310. The number of aromatic nitrogens is 3. The van der Waals surface area contributed by atoms with Crippen molar-refractivity contribution in [2.24, 2.45) is 5.73 Å². The van der Waals surface area contributed by atoms with Gasteiger partial charge in [-0.2, -0.15) is 5.10 Å². The van der Waals surface area contributed by atoms with Crippen LogP contribution >= 0.6 is 0 Å². The van der Waals surface area contributed by atoms with Gasteiger partial charge < -0.3 is 21.3 Å². The fourth-order valence-electron chi connectivity index (χ4n) is 5.07. The Morgan fingerprint density at radius 2 is 1.87 bits per heavy atom. The summed E-state index contributed by atoms with van der Waals surface area (Å²) in [5.41, 5.74) is 11.8. The minimum atomic E-state index is -0.398. The molecule has 2 aromatic carbocycles. The Morgan fingerprint density at radius 3 is 2.61 bits per heavy atom. The quantitative estimate of drug-likeness (QED) is 0.342. The maximum Gasteiger partial charge on any atom is 0.314 e. The first kappa shape index (κ1) is 25.3. The highest BCUT2D eigenvalue weighted by molar-refractivity contribution is 6.06. The van der Waals surface area contributed by atoms with Crippen LogP contribution in [0, 0.1) is 6.92 Å². The van der Waals surface area contributed by atoms with Crippen LogP contribution in [0.15, 0.2) is 60.9 Å². The van der Waals surface area contributed by atoms with Gasteiger partial charge >= 0.3 is 6.03 Å². The van der Waals surface area contributed by atoms with Crippen molar-refractivity contribution in [3.63, 3.8) is 0 Å². The number of amides is 3. The van der Waals surface area contributed by atoms with Gasteiger partial charge in [-0.25, -0.2) is 14.5 Å². The zero-order valence-electron chi connectivity index (χ0n) is 21.8. The van der Waals surface area contributed by atoms with Crippen LogP contribution in [0.25, 0.3) is 22.2 Å². The molecule has 38 heavy (non-hydrogen) atoms. The number of nitrogens with zero attached hydrogens (tertiary/aromatic N) is 4. The third-order valence-corrected chi connectivity index (χ3v) is 7.15. The van der Waals surface area contributed by atoms with Crippen LogP contribution in [0.4, 0.5) is 10.5 Å². The normalized spacial score (nSPS) is 14.0. The summed E-state index contributed by atoms with van der Waals surface area (Å²) in [4.78, 5) is 31.3. The summed E-state index contributed by atoms with van der Waals surface area (Å²) in [6.45, 7) is 6.29. The molecule has 0 radical (unpaired) electrons. The Hall–Kier alpha value is -4.40. The average molecular weight is 512 g/mol. The van der Waals surface area contributed by atoms with Crippen molar-refractivity contribution in [3.8, 4) is 11.1 Å². The highest BCUT2D eigenvalue weighted by Gasteiger charge is 2.25. The van der Waals surface area contributed by atoms with E-state index in [-0.39, 0.29) is 11.9 Å². The van der Waals surface area contributed by atoms with Crippen LogP contribution < -0.4 is 16.4 Å². The lowest BCUT2D eigenvalue weighted by atomic mass is 9.98. The summed E-state index contributed by atoms with van der Waals surface area (Å²) < 4.78 is 1.82. The number of carbonyl (C=O) groups is 2. The molecule has 0 spiro atoms. The number of anilines is 1. The van der Waals surface area contributed by atoms with Crippen molar-refractivity contribution in [1.29, 1.82) is 0 Å². The summed E-state index contributed by atoms with van der Waals surface area (Å²) in [7, 11) is 0. The van der Waals surface area contributed by atoms with E-state index in [4.69, 9.17) is 5.73 Å². The Bertz CT molecular complexity index is 1470. The number of aryl methyl sites for hydroxylation is 2. The number of hydrogen-bond donors (Lipinski definition) is 3. The van der Waals surface area contributed by atoms with Gasteiger partial charge in [-0.15, -0.1) is 0 Å². The first-order valence-corrected chi connectivity index (χ1v) is 13.0. The second-order valence-corrected chi connectivity index (χ2v) is 9.70. The highest BCUT2D eigenvalue weighted by atomic mass is 16.2. The Balaban J connectivity index is 1.40. The smallest absolute Gasteiger partial charge is 0.314 e. The number of urea groups is 1. The number of benzene rings is 2. The molecule has 3 amide bonds. The minimum absolute atomic E-state index is 0.0924. The fourth-order valence-corrected chi connectivity index (χ4v) is 5.07. The van der Waals surface area contributed by atoms with Gasteiger partial charge in [0, 0.05) is 38.4 Å². The van der Waals surface area contributed by atoms with Crippen LogP contribution in [-0.2, 0) is 13.1 Å². The van der Waals surface area contributed by atoms with Crippen molar-refractivity contribution in [2.45, 2.75) is 45.8 Å². The first-order valence-electron chi connectivity index (χ1n) is 13.0. The molecule has 9 heteroatoms. The van der Waals surface area contributed by atoms with Gasteiger partial charge in [-0.05, 0) is 43.4 Å². The molecular weight excluding hydrogens is 478 g/mol. The molecule has 0 aliphatic carbocycles. The topological polar surface area (TPSA) is 118 Å². The molecule has 4 N–H and O–H groups in total. The van der Waals surface area contributed by atoms with Crippen LogP contribution in [0.2, 0.25) is 0 Å². The standard InChI is InChI=1S/C29H33N7O2/c1-3-36-27-24(18-33-36)26(34-22-11-13-35(14-12-22)29(30)38)25(17-31-27)28(37)32-16-21-8-4-5-10-23(21)20-9-6-7-19(2)15-20/h4-10,15,17-18,22H,3,11-14,16H2,1-2H3,(H2,30,38)(H,31,34)(H,32,37). The molecule has 5 rings (SSSR count). The minimum Gasteiger partial charge on any atom is -0.381 e. The molecule has 1 saturated heterocycles. The number of carbonyl (C=O) groups excluding carboxylic acids is 2. The largest absolute Gasteiger partial charge is 0.381 e. The summed E-state index contributed by atoms with van der Waals surface area (Å²) in [5.74, 6) is -0.209. The van der Waals surface area contributed by atoms with Crippen molar-refractivity contribution in [3.05, 3.63) is 77.6 Å². The van der Waals surface area contributed by atoms with Crippen molar-refractivity contribution in [1.82, 2.24) is 25.0 Å². The number of rotatable bonds is 7. The third-order valence-electron chi connectivity index (χ3n) is 7.15. The number of fused-ring (bicyclic) bond motifs is 1. The number of primary amides is 1. The van der Waals surface area contributed by atoms with E-state index in [0.717, 1.165) is 46.3 Å². The van der Waals surface area contributed by atoms with Crippen LogP contribution in [0.1, 0.15) is 41.3 Å². The summed E-state index contributed by atoms with van der Waals surface area (Å²) in [6.07, 6.45) is 4.86. The van der Waals surface area contributed by atoms with E-state index >= 15 is 0 Å². The molecule has 9 nitrogen and oxygen atoms in total. The molecule has 4 aromatic rings. The van der Waals surface area contributed by atoms with E-state index in [1.54, 1.807) is 17.3 Å². The molecular formula is C29H33N7O2. The monoisotopic (exact) mass is 511 g/mol. The van der Waals surface area contributed by atoms with Crippen LogP contribution in [0.3, 0.4) is 0 Å². The van der Waals surface area contributed by atoms with Gasteiger partial charge in [0.25, 0.3) is 5.91 Å². The number of nitrogens with two attached hydrogens (primary N) is 1. The molecule has 1 aliphatic heterocycles. The number of nitrogens with one attached hydrogen (secondary N) is 2. The van der Waals surface area contributed by atoms with Gasteiger partial charge in [-0.3, -0.25) is 4.79 Å². The molecule has 0 saturated carbocycles. The van der Waals surface area contributed by atoms with E-state index in [9.17, 15) is 9.59 Å².